The fraction of sp³-hybridized carbons (Fsp3) is 0.125. The van der Waals surface area contributed by atoms with Crippen LogP contribution in [0.2, 0.25) is 0 Å². The van der Waals surface area contributed by atoms with E-state index in [1.54, 1.807) is 0 Å². The maximum absolute atomic E-state index is 8.31. The van der Waals surface area contributed by atoms with Gasteiger partial charge < -0.3 is 1.43 Å². The zero-order chi connectivity index (χ0) is 7.23. The van der Waals surface area contributed by atoms with Gasteiger partial charge in [-0.05, 0) is 0 Å². The third-order valence-corrected chi connectivity index (χ3v) is 2.42. The summed E-state index contributed by atoms with van der Waals surface area (Å²) in [4.78, 5) is 2.18. The molecule has 0 aliphatic heterocycles. The van der Waals surface area contributed by atoms with Crippen LogP contribution >= 0.6 is 0 Å². The van der Waals surface area contributed by atoms with Crippen LogP contribution in [0.3, 0.4) is 0 Å². The van der Waals surface area contributed by atoms with Crippen molar-refractivity contribution in [1.82, 2.24) is 0 Å². The minimum absolute atomic E-state index is 0. The Morgan fingerprint density at radius 3 is 2.55 bits per heavy atom. The van der Waals surface area contributed by atoms with Crippen molar-refractivity contribution in [3.63, 3.8) is 0 Å². The van der Waals surface area contributed by atoms with Crippen molar-refractivity contribution < 1.29 is 52.8 Å². The summed E-state index contributed by atoms with van der Waals surface area (Å²) in [7, 11) is 0. The first-order chi connectivity index (χ1) is 4.93. The average Bonchev–Trinajstić information content (AvgIpc) is 2.03. The SMILES string of the molecule is N#C[Se]Cc1ccccc1.[H-].[K+]. The average molecular weight is 236 g/mol. The van der Waals surface area contributed by atoms with Crippen LogP contribution in [0.15, 0.2) is 30.3 Å². The minimum atomic E-state index is 0. The first kappa shape index (κ1) is 11.9. The number of rotatable bonds is 2. The molecule has 0 atom stereocenters. The summed E-state index contributed by atoms with van der Waals surface area (Å²) in [5.74, 6) is 0. The molecule has 0 heterocycles. The molecule has 1 rings (SSSR count). The Labute approximate surface area is 117 Å². The van der Waals surface area contributed by atoms with Crippen molar-refractivity contribution in [3.8, 4) is 4.97 Å². The Morgan fingerprint density at radius 2 is 2.00 bits per heavy atom. The summed E-state index contributed by atoms with van der Waals surface area (Å²) in [5.41, 5.74) is 1.27. The number of nitrogens with zero attached hydrogens (tertiary/aromatic N) is 1. The van der Waals surface area contributed by atoms with Gasteiger partial charge in [-0.2, -0.15) is 0 Å². The molecule has 0 bridgehead atoms. The predicted molar refractivity (Wildman–Crippen MR) is 42.6 cm³/mol. The Balaban J connectivity index is 0. The van der Waals surface area contributed by atoms with Crippen LogP contribution < -0.4 is 51.4 Å². The zero-order valence-corrected chi connectivity index (χ0v) is 11.3. The molecule has 0 spiro atoms. The standard InChI is InChI=1S/C8H7NSe.K.H/c9-7-10-6-8-4-2-1-3-5-8;;/h1-5H,6H2;;/q;+1;-1. The maximum atomic E-state index is 8.31. The van der Waals surface area contributed by atoms with Crippen LogP contribution in [0.25, 0.3) is 0 Å². The van der Waals surface area contributed by atoms with Crippen molar-refractivity contribution in [2.24, 2.45) is 0 Å². The summed E-state index contributed by atoms with van der Waals surface area (Å²) in [6, 6.07) is 10.1. The van der Waals surface area contributed by atoms with Gasteiger partial charge in [-0.1, -0.05) is 0 Å². The molecule has 3 heteroatoms. The summed E-state index contributed by atoms with van der Waals surface area (Å²) in [6.07, 6.45) is 0. The van der Waals surface area contributed by atoms with E-state index in [-0.39, 0.29) is 67.8 Å². The van der Waals surface area contributed by atoms with Crippen molar-refractivity contribution in [3.05, 3.63) is 35.9 Å². The van der Waals surface area contributed by atoms with E-state index >= 15 is 0 Å². The van der Waals surface area contributed by atoms with Gasteiger partial charge in [0.1, 0.15) is 0 Å². The molecule has 0 unspecified atom stereocenters. The second kappa shape index (κ2) is 7.51. The van der Waals surface area contributed by atoms with E-state index in [0.29, 0.717) is 0 Å². The molecule has 0 radical (unpaired) electrons. The first-order valence-electron chi connectivity index (χ1n) is 2.98. The van der Waals surface area contributed by atoms with E-state index in [0.717, 1.165) is 5.32 Å². The van der Waals surface area contributed by atoms with Crippen molar-refractivity contribution >= 4 is 15.0 Å². The molecule has 0 aromatic heterocycles. The molecule has 0 N–H and O–H groups in total. The van der Waals surface area contributed by atoms with Gasteiger partial charge in [0.15, 0.2) is 0 Å². The number of nitriles is 1. The Morgan fingerprint density at radius 1 is 1.36 bits per heavy atom. The maximum Gasteiger partial charge on any atom is 1.00 e. The van der Waals surface area contributed by atoms with Gasteiger partial charge in [-0.3, -0.25) is 0 Å². The van der Waals surface area contributed by atoms with Crippen LogP contribution in [0.1, 0.15) is 6.99 Å². The van der Waals surface area contributed by atoms with Crippen LogP contribution in [0.5, 0.6) is 0 Å². The van der Waals surface area contributed by atoms with Crippen LogP contribution in [-0.2, 0) is 5.32 Å². The second-order valence-electron chi connectivity index (χ2n) is 1.87. The van der Waals surface area contributed by atoms with Crippen LogP contribution in [-0.4, -0.2) is 15.0 Å². The third-order valence-electron chi connectivity index (χ3n) is 1.15. The molecule has 0 saturated carbocycles. The quantitative estimate of drug-likeness (QED) is 0.573. The topological polar surface area (TPSA) is 23.8 Å². The first-order valence-corrected chi connectivity index (χ1v) is 5.05. The molecule has 0 amide bonds. The van der Waals surface area contributed by atoms with E-state index in [2.05, 4.69) is 17.1 Å². The van der Waals surface area contributed by atoms with E-state index in [9.17, 15) is 0 Å². The molecule has 11 heavy (non-hydrogen) atoms. The molecule has 0 aliphatic carbocycles. The van der Waals surface area contributed by atoms with E-state index in [1.807, 2.05) is 18.2 Å². The van der Waals surface area contributed by atoms with Gasteiger partial charge in [-0.25, -0.2) is 0 Å². The molecule has 1 nitrogen and oxygen atoms in total. The molecule has 0 saturated heterocycles. The summed E-state index contributed by atoms with van der Waals surface area (Å²) in [5, 5.41) is 9.24. The summed E-state index contributed by atoms with van der Waals surface area (Å²) in [6.45, 7) is 0. The smallest absolute Gasteiger partial charge is 1.00 e. The normalized spacial score (nSPS) is 7.91. The molecule has 52 valence electrons. The second-order valence-corrected chi connectivity index (χ2v) is 3.46. The van der Waals surface area contributed by atoms with Crippen LogP contribution in [0.4, 0.5) is 0 Å². The minimum Gasteiger partial charge on any atom is -1.00 e. The molecule has 1 aromatic rings. The Hall–Kier alpha value is 0.866. The number of hydrogen-bond acceptors (Lipinski definition) is 1. The molecular formula is C8H8KNSe. The predicted octanol–water partition coefficient (Wildman–Crippen LogP) is -1.51. The van der Waals surface area contributed by atoms with Gasteiger partial charge in [-0.15, -0.1) is 0 Å². The summed E-state index contributed by atoms with van der Waals surface area (Å²) >= 11 is 0.126. The van der Waals surface area contributed by atoms with Crippen molar-refractivity contribution in [2.75, 3.05) is 0 Å². The molecule has 0 aliphatic rings. The Bertz CT molecular complexity index is 235. The molecular weight excluding hydrogens is 228 g/mol. The monoisotopic (exact) mass is 237 g/mol. The van der Waals surface area contributed by atoms with Gasteiger partial charge in [0.25, 0.3) is 0 Å². The third kappa shape index (κ3) is 5.16. The summed E-state index contributed by atoms with van der Waals surface area (Å²) < 4.78 is 0. The van der Waals surface area contributed by atoms with Crippen LogP contribution in [0, 0.1) is 10.2 Å². The molecule has 1 aromatic carbocycles. The van der Waals surface area contributed by atoms with E-state index < -0.39 is 0 Å². The number of benzene rings is 1. The zero-order valence-electron chi connectivity index (χ0n) is 7.45. The van der Waals surface area contributed by atoms with Gasteiger partial charge in [0.2, 0.25) is 0 Å². The Kier molecular flexibility index (Phi) is 8.10. The fourth-order valence-electron chi connectivity index (χ4n) is 0.690. The van der Waals surface area contributed by atoms with Gasteiger partial charge in [0, 0.05) is 0 Å². The van der Waals surface area contributed by atoms with Gasteiger partial charge >= 0.3 is 118 Å². The molecule has 0 fully saturated rings. The van der Waals surface area contributed by atoms with E-state index in [1.165, 1.54) is 5.56 Å². The fourth-order valence-corrected chi connectivity index (χ4v) is 1.58. The van der Waals surface area contributed by atoms with Gasteiger partial charge in [0.05, 0.1) is 0 Å². The van der Waals surface area contributed by atoms with Crippen molar-refractivity contribution in [2.45, 2.75) is 5.32 Å². The van der Waals surface area contributed by atoms with E-state index in [4.69, 9.17) is 5.26 Å². The van der Waals surface area contributed by atoms with Crippen molar-refractivity contribution in [1.29, 1.82) is 5.26 Å². The largest absolute Gasteiger partial charge is 1.00 e. The number of hydrogen-bond donors (Lipinski definition) is 0.